The Morgan fingerprint density at radius 3 is 2.53 bits per heavy atom. The number of hydrogen-bond acceptors (Lipinski definition) is 2. The van der Waals surface area contributed by atoms with Crippen molar-refractivity contribution in [2.24, 2.45) is 0 Å². The molecule has 3 heteroatoms. The maximum Gasteiger partial charge on any atom is 0.101 e. The molecule has 1 N–H and O–H groups in total. The lowest BCUT2D eigenvalue weighted by Crippen LogP contribution is -1.95. The lowest BCUT2D eigenvalue weighted by Gasteiger charge is -2.11. The normalized spacial score (nSPS) is 9.71. The van der Waals surface area contributed by atoms with Crippen molar-refractivity contribution in [3.05, 3.63) is 58.1 Å². The van der Waals surface area contributed by atoms with E-state index in [4.69, 9.17) is 5.26 Å². The molecule has 0 atom stereocenters. The maximum atomic E-state index is 9.02. The molecule has 17 heavy (non-hydrogen) atoms. The fourth-order valence-electron chi connectivity index (χ4n) is 1.58. The molecule has 0 saturated carbocycles. The molecule has 2 aromatic carbocycles. The predicted molar refractivity (Wildman–Crippen MR) is 73.3 cm³/mol. The molecule has 2 nitrogen and oxygen atoms in total. The number of nitrogens with one attached hydrogen (secondary N) is 1. The summed E-state index contributed by atoms with van der Waals surface area (Å²) in [4.78, 5) is 0. The average Bonchev–Trinajstić information content (AvgIpc) is 2.35. The minimum Gasteiger partial charge on any atom is -0.354 e. The van der Waals surface area contributed by atoms with Crippen molar-refractivity contribution in [1.82, 2.24) is 0 Å². The molecular weight excluding hydrogens is 276 g/mol. The van der Waals surface area contributed by atoms with Crippen molar-refractivity contribution in [2.45, 2.75) is 6.92 Å². The van der Waals surface area contributed by atoms with Gasteiger partial charge in [-0.25, -0.2) is 0 Å². The smallest absolute Gasteiger partial charge is 0.101 e. The molecule has 0 spiro atoms. The zero-order chi connectivity index (χ0) is 12.3. The van der Waals surface area contributed by atoms with Crippen LogP contribution in [0, 0.1) is 18.3 Å². The van der Waals surface area contributed by atoms with E-state index in [2.05, 4.69) is 27.3 Å². The Morgan fingerprint density at radius 1 is 1.06 bits per heavy atom. The van der Waals surface area contributed by atoms with E-state index in [1.807, 2.05) is 43.3 Å². The lowest BCUT2D eigenvalue weighted by atomic mass is 10.1. The topological polar surface area (TPSA) is 35.8 Å². The number of halogens is 1. The number of hydrogen-bond donors (Lipinski definition) is 1. The molecule has 0 fully saturated rings. The van der Waals surface area contributed by atoms with Gasteiger partial charge in [0.1, 0.15) is 6.07 Å². The molecule has 0 bridgehead atoms. The van der Waals surface area contributed by atoms with Gasteiger partial charge in [-0.15, -0.1) is 0 Å². The predicted octanol–water partition coefficient (Wildman–Crippen LogP) is 4.37. The zero-order valence-corrected chi connectivity index (χ0v) is 11.0. The second kappa shape index (κ2) is 5.03. The van der Waals surface area contributed by atoms with E-state index < -0.39 is 0 Å². The van der Waals surface area contributed by atoms with Crippen molar-refractivity contribution < 1.29 is 0 Å². The number of para-hydroxylation sites is 1. The first-order chi connectivity index (χ1) is 8.22. The number of benzene rings is 2. The van der Waals surface area contributed by atoms with Gasteiger partial charge in [-0.05, 0) is 36.8 Å². The first-order valence-corrected chi connectivity index (χ1v) is 6.03. The standard InChI is InChI=1S/C14H11BrN2/c1-10-12(15)6-4-8-13(10)17-14-7-3-2-5-11(14)9-16/h2-8,17H,1H3. The third-order valence-electron chi connectivity index (χ3n) is 2.58. The summed E-state index contributed by atoms with van der Waals surface area (Å²) in [5.41, 5.74) is 3.60. The summed E-state index contributed by atoms with van der Waals surface area (Å²) in [5, 5.41) is 12.3. The van der Waals surface area contributed by atoms with Crippen LogP contribution in [0.3, 0.4) is 0 Å². The summed E-state index contributed by atoms with van der Waals surface area (Å²) in [5.74, 6) is 0. The van der Waals surface area contributed by atoms with E-state index in [-0.39, 0.29) is 0 Å². The molecule has 0 amide bonds. The van der Waals surface area contributed by atoms with Crippen LogP contribution in [-0.4, -0.2) is 0 Å². The van der Waals surface area contributed by atoms with Gasteiger partial charge in [0.15, 0.2) is 0 Å². The van der Waals surface area contributed by atoms with Crippen molar-refractivity contribution in [1.29, 1.82) is 5.26 Å². The molecule has 2 rings (SSSR count). The van der Waals surface area contributed by atoms with Crippen LogP contribution in [0.2, 0.25) is 0 Å². The highest BCUT2D eigenvalue weighted by molar-refractivity contribution is 9.10. The van der Waals surface area contributed by atoms with E-state index in [9.17, 15) is 0 Å². The molecule has 0 aliphatic heterocycles. The molecular formula is C14H11BrN2. The van der Waals surface area contributed by atoms with E-state index in [0.29, 0.717) is 5.56 Å². The Morgan fingerprint density at radius 2 is 1.76 bits per heavy atom. The second-order valence-electron chi connectivity index (χ2n) is 3.69. The van der Waals surface area contributed by atoms with Gasteiger partial charge in [-0.3, -0.25) is 0 Å². The molecule has 0 aliphatic rings. The van der Waals surface area contributed by atoms with Crippen molar-refractivity contribution in [2.75, 3.05) is 5.32 Å². The van der Waals surface area contributed by atoms with Crippen LogP contribution < -0.4 is 5.32 Å². The number of anilines is 2. The highest BCUT2D eigenvalue weighted by atomic mass is 79.9. The van der Waals surface area contributed by atoms with Gasteiger partial charge in [0.2, 0.25) is 0 Å². The highest BCUT2D eigenvalue weighted by Gasteiger charge is 2.04. The molecule has 0 unspecified atom stereocenters. The highest BCUT2D eigenvalue weighted by Crippen LogP contribution is 2.27. The van der Waals surface area contributed by atoms with Crippen molar-refractivity contribution in [3.8, 4) is 6.07 Å². The molecule has 84 valence electrons. The number of rotatable bonds is 2. The van der Waals surface area contributed by atoms with E-state index in [1.165, 1.54) is 0 Å². The van der Waals surface area contributed by atoms with Crippen LogP contribution >= 0.6 is 15.9 Å². The Balaban J connectivity index is 2.39. The monoisotopic (exact) mass is 286 g/mol. The van der Waals surface area contributed by atoms with Crippen LogP contribution in [-0.2, 0) is 0 Å². The molecule has 2 aromatic rings. The van der Waals surface area contributed by atoms with Crippen molar-refractivity contribution in [3.63, 3.8) is 0 Å². The minimum absolute atomic E-state index is 0.645. The van der Waals surface area contributed by atoms with Gasteiger partial charge in [-0.2, -0.15) is 5.26 Å². The fourth-order valence-corrected chi connectivity index (χ4v) is 1.94. The Hall–Kier alpha value is -1.79. The Bertz CT molecular complexity index is 585. The summed E-state index contributed by atoms with van der Waals surface area (Å²) in [6.07, 6.45) is 0. The van der Waals surface area contributed by atoms with Gasteiger partial charge in [0, 0.05) is 10.2 Å². The molecule has 0 aliphatic carbocycles. The third-order valence-corrected chi connectivity index (χ3v) is 3.44. The van der Waals surface area contributed by atoms with Crippen LogP contribution in [0.1, 0.15) is 11.1 Å². The van der Waals surface area contributed by atoms with Crippen LogP contribution in [0.15, 0.2) is 46.9 Å². The number of nitriles is 1. The summed E-state index contributed by atoms with van der Waals surface area (Å²) < 4.78 is 1.05. The van der Waals surface area contributed by atoms with Crippen LogP contribution in [0.4, 0.5) is 11.4 Å². The molecule has 0 saturated heterocycles. The maximum absolute atomic E-state index is 9.02. The first-order valence-electron chi connectivity index (χ1n) is 5.23. The molecule has 0 aromatic heterocycles. The largest absolute Gasteiger partial charge is 0.354 e. The van der Waals surface area contributed by atoms with Gasteiger partial charge < -0.3 is 5.32 Å². The molecule has 0 radical (unpaired) electrons. The van der Waals surface area contributed by atoms with E-state index in [1.54, 1.807) is 6.07 Å². The first kappa shape index (κ1) is 11.7. The van der Waals surface area contributed by atoms with E-state index >= 15 is 0 Å². The molecule has 0 heterocycles. The number of nitrogens with zero attached hydrogens (tertiary/aromatic N) is 1. The van der Waals surface area contributed by atoms with Crippen LogP contribution in [0.5, 0.6) is 0 Å². The lowest BCUT2D eigenvalue weighted by molar-refractivity contribution is 1.39. The van der Waals surface area contributed by atoms with Gasteiger partial charge in [-0.1, -0.05) is 34.1 Å². The van der Waals surface area contributed by atoms with Gasteiger partial charge in [0.25, 0.3) is 0 Å². The SMILES string of the molecule is Cc1c(Br)cccc1Nc1ccccc1C#N. The quantitative estimate of drug-likeness (QED) is 0.890. The Kier molecular flexibility index (Phi) is 3.46. The summed E-state index contributed by atoms with van der Waals surface area (Å²) >= 11 is 3.49. The summed E-state index contributed by atoms with van der Waals surface area (Å²) in [6.45, 7) is 2.03. The summed E-state index contributed by atoms with van der Waals surface area (Å²) in [6, 6.07) is 15.6. The van der Waals surface area contributed by atoms with Gasteiger partial charge >= 0.3 is 0 Å². The summed E-state index contributed by atoms with van der Waals surface area (Å²) in [7, 11) is 0. The zero-order valence-electron chi connectivity index (χ0n) is 9.37. The minimum atomic E-state index is 0.645. The Labute approximate surface area is 109 Å². The third kappa shape index (κ3) is 2.48. The van der Waals surface area contributed by atoms with E-state index in [0.717, 1.165) is 21.4 Å². The van der Waals surface area contributed by atoms with Crippen LogP contribution in [0.25, 0.3) is 0 Å². The average molecular weight is 287 g/mol. The van der Waals surface area contributed by atoms with Gasteiger partial charge in [0.05, 0.1) is 11.3 Å². The second-order valence-corrected chi connectivity index (χ2v) is 4.55. The van der Waals surface area contributed by atoms with Crippen molar-refractivity contribution >= 4 is 27.3 Å². The fraction of sp³-hybridized carbons (Fsp3) is 0.0714.